The Balaban J connectivity index is 1.72. The number of sulfone groups is 1. The van der Waals surface area contributed by atoms with Gasteiger partial charge in [-0.2, -0.15) is 0 Å². The lowest BCUT2D eigenvalue weighted by atomic mass is 10.1. The molecule has 6 nitrogen and oxygen atoms in total. The summed E-state index contributed by atoms with van der Waals surface area (Å²) in [6.45, 7) is 4.67. The highest BCUT2D eigenvalue weighted by Crippen LogP contribution is 2.25. The first-order chi connectivity index (χ1) is 12.3. The summed E-state index contributed by atoms with van der Waals surface area (Å²) in [4.78, 5) is 19.2. The van der Waals surface area contributed by atoms with Gasteiger partial charge in [-0.3, -0.25) is 4.79 Å². The first-order valence-electron chi connectivity index (χ1n) is 8.81. The van der Waals surface area contributed by atoms with Crippen LogP contribution < -0.4 is 0 Å². The molecule has 0 saturated carbocycles. The molecule has 8 heteroatoms. The normalized spacial score (nSPS) is 19.3. The number of carbonyl (C=O) groups excluding carboxylic acids is 1. The van der Waals surface area contributed by atoms with E-state index in [1.807, 2.05) is 49.7 Å². The van der Waals surface area contributed by atoms with Gasteiger partial charge in [0.25, 0.3) is 0 Å². The number of benzene rings is 1. The van der Waals surface area contributed by atoms with Gasteiger partial charge in [0.2, 0.25) is 5.91 Å². The van der Waals surface area contributed by atoms with Gasteiger partial charge in [0.1, 0.15) is 0 Å². The average Bonchev–Trinajstić information content (AvgIpc) is 3.10. The molecule has 1 aromatic carbocycles. The van der Waals surface area contributed by atoms with Gasteiger partial charge in [0.05, 0.1) is 28.3 Å². The number of thioether (sulfide) groups is 1. The molecule has 0 bridgehead atoms. The molecule has 1 atom stereocenters. The second kappa shape index (κ2) is 7.60. The first kappa shape index (κ1) is 19.2. The predicted octanol–water partition coefficient (Wildman–Crippen LogP) is 2.34. The number of hydrogen-bond acceptors (Lipinski definition) is 5. The SMILES string of the molecule is CC(C)CN(C(=O)CSc1nc2ccccc2n1C)[C@@H]1CCS(=O)(=O)C1. The minimum Gasteiger partial charge on any atom is -0.338 e. The molecule has 3 rings (SSSR count). The number of rotatable bonds is 6. The van der Waals surface area contributed by atoms with E-state index in [0.717, 1.165) is 16.2 Å². The molecule has 0 unspecified atom stereocenters. The van der Waals surface area contributed by atoms with Gasteiger partial charge in [-0.25, -0.2) is 13.4 Å². The van der Waals surface area contributed by atoms with Crippen molar-refractivity contribution in [1.29, 1.82) is 0 Å². The fraction of sp³-hybridized carbons (Fsp3) is 0.556. The Labute approximate surface area is 158 Å². The van der Waals surface area contributed by atoms with E-state index in [1.54, 1.807) is 4.90 Å². The zero-order valence-electron chi connectivity index (χ0n) is 15.4. The third kappa shape index (κ3) is 4.23. The summed E-state index contributed by atoms with van der Waals surface area (Å²) in [6, 6.07) is 7.67. The number of nitrogens with zero attached hydrogens (tertiary/aromatic N) is 3. The maximum absolute atomic E-state index is 12.8. The van der Waals surface area contributed by atoms with Crippen LogP contribution in [0.4, 0.5) is 0 Å². The van der Waals surface area contributed by atoms with Crippen LogP contribution in [0, 0.1) is 5.92 Å². The van der Waals surface area contributed by atoms with Gasteiger partial charge in [0, 0.05) is 19.6 Å². The van der Waals surface area contributed by atoms with E-state index in [0.29, 0.717) is 18.9 Å². The van der Waals surface area contributed by atoms with Crippen LogP contribution in [0.2, 0.25) is 0 Å². The van der Waals surface area contributed by atoms with Crippen molar-refractivity contribution in [1.82, 2.24) is 14.5 Å². The first-order valence-corrected chi connectivity index (χ1v) is 11.6. The molecule has 26 heavy (non-hydrogen) atoms. The van der Waals surface area contributed by atoms with E-state index >= 15 is 0 Å². The summed E-state index contributed by atoms with van der Waals surface area (Å²) in [5.74, 6) is 0.807. The highest BCUT2D eigenvalue weighted by molar-refractivity contribution is 7.99. The molecule has 1 aliphatic rings. The number of imidazole rings is 1. The molecule has 142 valence electrons. The van der Waals surface area contributed by atoms with Crippen LogP contribution in [-0.2, 0) is 21.7 Å². The van der Waals surface area contributed by atoms with Crippen molar-refractivity contribution in [3.05, 3.63) is 24.3 Å². The lowest BCUT2D eigenvalue weighted by Crippen LogP contribution is -2.44. The Bertz CT molecular complexity index is 906. The van der Waals surface area contributed by atoms with Crippen LogP contribution in [0.15, 0.2) is 29.4 Å². The van der Waals surface area contributed by atoms with E-state index in [-0.39, 0.29) is 29.2 Å². The van der Waals surface area contributed by atoms with E-state index in [9.17, 15) is 13.2 Å². The quantitative estimate of drug-likeness (QED) is 0.702. The summed E-state index contributed by atoms with van der Waals surface area (Å²) in [5.41, 5.74) is 1.94. The molecule has 0 N–H and O–H groups in total. The number of fused-ring (bicyclic) bond motifs is 1. The molecule has 2 aromatic rings. The van der Waals surface area contributed by atoms with E-state index < -0.39 is 9.84 Å². The van der Waals surface area contributed by atoms with Gasteiger partial charge in [0.15, 0.2) is 15.0 Å². The molecule has 1 aliphatic heterocycles. The molecular weight excluding hydrogens is 370 g/mol. The minimum absolute atomic E-state index is 0.0159. The van der Waals surface area contributed by atoms with Crippen LogP contribution in [0.25, 0.3) is 11.0 Å². The fourth-order valence-electron chi connectivity index (χ4n) is 3.33. The van der Waals surface area contributed by atoms with Gasteiger partial charge in [-0.05, 0) is 24.5 Å². The van der Waals surface area contributed by atoms with Crippen LogP contribution in [0.3, 0.4) is 0 Å². The zero-order valence-corrected chi connectivity index (χ0v) is 17.0. The topological polar surface area (TPSA) is 72.3 Å². The summed E-state index contributed by atoms with van der Waals surface area (Å²) in [7, 11) is -1.08. The van der Waals surface area contributed by atoms with Gasteiger partial charge in [-0.1, -0.05) is 37.7 Å². The molecule has 1 saturated heterocycles. The smallest absolute Gasteiger partial charge is 0.233 e. The lowest BCUT2D eigenvalue weighted by molar-refractivity contribution is -0.130. The molecular formula is C18H25N3O3S2. The Morgan fingerprint density at radius 2 is 2.12 bits per heavy atom. The second-order valence-corrected chi connectivity index (χ2v) is 10.4. The van der Waals surface area contributed by atoms with Crippen molar-refractivity contribution in [2.45, 2.75) is 31.5 Å². The number of aryl methyl sites for hydroxylation is 1. The van der Waals surface area contributed by atoms with Gasteiger partial charge >= 0.3 is 0 Å². The summed E-state index contributed by atoms with van der Waals surface area (Å²) < 4.78 is 25.6. The molecule has 0 spiro atoms. The van der Waals surface area contributed by atoms with Crippen molar-refractivity contribution in [3.63, 3.8) is 0 Å². The van der Waals surface area contributed by atoms with Gasteiger partial charge in [-0.15, -0.1) is 0 Å². The zero-order chi connectivity index (χ0) is 18.9. The maximum Gasteiger partial charge on any atom is 0.233 e. The minimum atomic E-state index is -3.02. The van der Waals surface area contributed by atoms with Gasteiger partial charge < -0.3 is 9.47 Å². The summed E-state index contributed by atoms with van der Waals surface area (Å²) in [5, 5.41) is 0.795. The van der Waals surface area contributed by atoms with Crippen molar-refractivity contribution < 1.29 is 13.2 Å². The number of carbonyl (C=O) groups is 1. The molecule has 0 radical (unpaired) electrons. The molecule has 0 aliphatic carbocycles. The van der Waals surface area contributed by atoms with Crippen LogP contribution >= 0.6 is 11.8 Å². The predicted molar refractivity (Wildman–Crippen MR) is 105 cm³/mol. The maximum atomic E-state index is 12.8. The van der Waals surface area contributed by atoms with Crippen molar-refractivity contribution in [2.24, 2.45) is 13.0 Å². The van der Waals surface area contributed by atoms with Crippen LogP contribution in [0.1, 0.15) is 20.3 Å². The number of hydrogen-bond donors (Lipinski definition) is 0. The van der Waals surface area contributed by atoms with E-state index in [2.05, 4.69) is 4.98 Å². The highest BCUT2D eigenvalue weighted by atomic mass is 32.2. The Hall–Kier alpha value is -1.54. The lowest BCUT2D eigenvalue weighted by Gasteiger charge is -2.29. The van der Waals surface area contributed by atoms with Crippen molar-refractivity contribution >= 4 is 38.5 Å². The number of aromatic nitrogens is 2. The Morgan fingerprint density at radius 1 is 1.38 bits per heavy atom. The Kier molecular flexibility index (Phi) is 5.62. The largest absolute Gasteiger partial charge is 0.338 e. The highest BCUT2D eigenvalue weighted by Gasteiger charge is 2.34. The van der Waals surface area contributed by atoms with E-state index in [4.69, 9.17) is 0 Å². The summed E-state index contributed by atoms with van der Waals surface area (Å²) in [6.07, 6.45) is 0.539. The number of para-hydroxylation sites is 2. The monoisotopic (exact) mass is 395 g/mol. The molecule has 1 aromatic heterocycles. The third-order valence-electron chi connectivity index (χ3n) is 4.60. The fourth-order valence-corrected chi connectivity index (χ4v) is 5.93. The molecule has 1 fully saturated rings. The van der Waals surface area contributed by atoms with Crippen LogP contribution in [0.5, 0.6) is 0 Å². The Morgan fingerprint density at radius 3 is 2.73 bits per heavy atom. The molecule has 1 amide bonds. The van der Waals surface area contributed by atoms with Crippen LogP contribution in [-0.4, -0.2) is 58.6 Å². The second-order valence-electron chi connectivity index (χ2n) is 7.23. The van der Waals surface area contributed by atoms with Crippen molar-refractivity contribution in [3.8, 4) is 0 Å². The van der Waals surface area contributed by atoms with Crippen molar-refractivity contribution in [2.75, 3.05) is 23.8 Å². The molecule has 2 heterocycles. The summed E-state index contributed by atoms with van der Waals surface area (Å²) >= 11 is 1.41. The third-order valence-corrected chi connectivity index (χ3v) is 7.37. The standard InChI is InChI=1S/C18H25N3O3S2/c1-13(2)10-21(14-8-9-26(23,24)12-14)17(22)11-25-18-19-15-6-4-5-7-16(15)20(18)3/h4-7,13-14H,8-12H2,1-3H3/t14-/m1/s1. The number of amides is 1. The van der Waals surface area contributed by atoms with E-state index in [1.165, 1.54) is 11.8 Å². The average molecular weight is 396 g/mol.